The van der Waals surface area contributed by atoms with Crippen molar-refractivity contribution in [2.75, 3.05) is 5.32 Å². The van der Waals surface area contributed by atoms with E-state index < -0.39 is 0 Å². The van der Waals surface area contributed by atoms with Crippen LogP contribution in [0.5, 0.6) is 0 Å². The van der Waals surface area contributed by atoms with E-state index >= 15 is 0 Å². The first-order valence-corrected chi connectivity index (χ1v) is 8.09. The summed E-state index contributed by atoms with van der Waals surface area (Å²) < 4.78 is 1.32. The predicted molar refractivity (Wildman–Crippen MR) is 99.4 cm³/mol. The van der Waals surface area contributed by atoms with E-state index in [0.29, 0.717) is 24.2 Å². The third kappa shape index (κ3) is 3.37. The average molecular weight is 344 g/mol. The molecule has 0 saturated carbocycles. The summed E-state index contributed by atoms with van der Waals surface area (Å²) in [6.07, 6.45) is 0.480. The van der Waals surface area contributed by atoms with Crippen molar-refractivity contribution in [3.8, 4) is 28.5 Å². The highest BCUT2D eigenvalue weighted by Gasteiger charge is 2.10. The third-order valence-electron chi connectivity index (χ3n) is 3.99. The van der Waals surface area contributed by atoms with Gasteiger partial charge in [-0.25, -0.2) is 4.68 Å². The number of carbonyl (C=O) groups is 1. The summed E-state index contributed by atoms with van der Waals surface area (Å²) in [5.41, 5.74) is 3.80. The van der Waals surface area contributed by atoms with Gasteiger partial charge in [0.15, 0.2) is 0 Å². The lowest BCUT2D eigenvalue weighted by Gasteiger charge is -2.10. The Hall–Kier alpha value is -3.72. The van der Waals surface area contributed by atoms with Gasteiger partial charge in [0.2, 0.25) is 6.41 Å². The van der Waals surface area contributed by atoms with Gasteiger partial charge in [-0.05, 0) is 42.3 Å². The maximum absolute atomic E-state index is 12.2. The van der Waals surface area contributed by atoms with Gasteiger partial charge in [0.25, 0.3) is 5.56 Å². The first kappa shape index (κ1) is 17.1. The number of carbonyl (C=O) groups excluding carboxylic acids is 1. The minimum atomic E-state index is -0.341. The Balaban J connectivity index is 2.07. The molecule has 1 amide bonds. The molecule has 0 aliphatic carbocycles. The van der Waals surface area contributed by atoms with E-state index in [0.717, 1.165) is 16.7 Å². The van der Waals surface area contributed by atoms with Crippen LogP contribution in [0.15, 0.2) is 59.4 Å². The number of nitrogens with zero attached hydrogens (tertiary/aromatic N) is 3. The van der Waals surface area contributed by atoms with Crippen LogP contribution in [0.3, 0.4) is 0 Å². The Morgan fingerprint density at radius 2 is 1.85 bits per heavy atom. The van der Waals surface area contributed by atoms with Crippen molar-refractivity contribution in [3.63, 3.8) is 0 Å². The fourth-order valence-electron chi connectivity index (χ4n) is 2.66. The maximum Gasteiger partial charge on any atom is 0.290 e. The van der Waals surface area contributed by atoms with Crippen LogP contribution >= 0.6 is 0 Å². The summed E-state index contributed by atoms with van der Waals surface area (Å²) in [6, 6.07) is 18.7. The van der Waals surface area contributed by atoms with E-state index in [4.69, 9.17) is 5.26 Å². The van der Waals surface area contributed by atoms with Gasteiger partial charge in [-0.15, -0.1) is 0 Å². The molecule has 0 aliphatic heterocycles. The van der Waals surface area contributed by atoms with E-state index in [9.17, 15) is 9.59 Å². The zero-order valence-electron chi connectivity index (χ0n) is 14.1. The zero-order valence-corrected chi connectivity index (χ0v) is 14.1. The number of aryl methyl sites for hydroxylation is 1. The smallest absolute Gasteiger partial charge is 0.290 e. The number of anilines is 1. The van der Waals surface area contributed by atoms with E-state index in [1.165, 1.54) is 4.68 Å². The largest absolute Gasteiger partial charge is 0.324 e. The molecule has 0 spiro atoms. The number of hydrogen-bond donors (Lipinski definition) is 1. The molecule has 0 radical (unpaired) electrons. The Kier molecular flexibility index (Phi) is 4.90. The van der Waals surface area contributed by atoms with E-state index in [2.05, 4.69) is 16.5 Å². The maximum atomic E-state index is 12.2. The molecule has 26 heavy (non-hydrogen) atoms. The Morgan fingerprint density at radius 3 is 2.50 bits per heavy atom. The molecule has 1 heterocycles. The van der Waals surface area contributed by atoms with Gasteiger partial charge in [0.05, 0.1) is 17.3 Å². The normalized spacial score (nSPS) is 10.2. The molecule has 6 nitrogen and oxygen atoms in total. The third-order valence-corrected chi connectivity index (χ3v) is 3.99. The van der Waals surface area contributed by atoms with Gasteiger partial charge < -0.3 is 5.32 Å². The Bertz CT molecular complexity index is 1050. The molecule has 0 bridgehead atoms. The molecule has 0 unspecified atom stereocenters. The second-order valence-corrected chi connectivity index (χ2v) is 5.60. The fraction of sp³-hybridized carbons (Fsp3) is 0.100. The quantitative estimate of drug-likeness (QED) is 0.721. The van der Waals surface area contributed by atoms with Gasteiger partial charge in [0.1, 0.15) is 5.69 Å². The monoisotopic (exact) mass is 344 g/mol. The summed E-state index contributed by atoms with van der Waals surface area (Å²) in [7, 11) is 0. The minimum absolute atomic E-state index is 0.190. The molecule has 128 valence electrons. The van der Waals surface area contributed by atoms with Crippen molar-refractivity contribution < 1.29 is 4.79 Å². The number of amides is 1. The molecular weight excluding hydrogens is 328 g/mol. The van der Waals surface area contributed by atoms with E-state index in [1.807, 2.05) is 43.3 Å². The lowest BCUT2D eigenvalue weighted by molar-refractivity contribution is -0.105. The van der Waals surface area contributed by atoms with Crippen LogP contribution in [-0.4, -0.2) is 16.2 Å². The molecule has 0 aliphatic rings. The van der Waals surface area contributed by atoms with Gasteiger partial charge in [-0.1, -0.05) is 30.3 Å². The van der Waals surface area contributed by atoms with Crippen LogP contribution in [0, 0.1) is 11.3 Å². The standard InChI is InChI=1S/C20H16N4O2/c1-2-24-20(26)19(22-13-25)11-18(23-24)17-5-3-4-16(10-17)15-8-6-14(12-21)7-9-15/h3-11,13H,2H2,1H3,(H,22,25). The summed E-state index contributed by atoms with van der Waals surface area (Å²) in [4.78, 5) is 22.9. The van der Waals surface area contributed by atoms with Gasteiger partial charge in [0, 0.05) is 12.1 Å². The Labute approximate surface area is 150 Å². The average Bonchev–Trinajstić information content (AvgIpc) is 2.70. The molecule has 6 heteroatoms. The molecule has 3 rings (SSSR count). The number of benzene rings is 2. The van der Waals surface area contributed by atoms with Crippen LogP contribution in [0.25, 0.3) is 22.4 Å². The van der Waals surface area contributed by atoms with Crippen molar-refractivity contribution in [2.24, 2.45) is 0 Å². The van der Waals surface area contributed by atoms with Crippen LogP contribution in [0.4, 0.5) is 5.69 Å². The van der Waals surface area contributed by atoms with Crippen LogP contribution < -0.4 is 10.9 Å². The zero-order chi connectivity index (χ0) is 18.5. The minimum Gasteiger partial charge on any atom is -0.324 e. The van der Waals surface area contributed by atoms with Crippen LogP contribution in [0.2, 0.25) is 0 Å². The van der Waals surface area contributed by atoms with E-state index in [-0.39, 0.29) is 11.2 Å². The van der Waals surface area contributed by atoms with Gasteiger partial charge in [-0.2, -0.15) is 10.4 Å². The molecule has 2 aromatic carbocycles. The summed E-state index contributed by atoms with van der Waals surface area (Å²) >= 11 is 0. The number of aromatic nitrogens is 2. The van der Waals surface area contributed by atoms with Crippen molar-refractivity contribution >= 4 is 12.1 Å². The fourth-order valence-corrected chi connectivity index (χ4v) is 2.66. The first-order valence-electron chi connectivity index (χ1n) is 8.09. The van der Waals surface area contributed by atoms with Crippen LogP contribution in [0.1, 0.15) is 12.5 Å². The molecule has 3 aromatic rings. The second kappa shape index (κ2) is 7.45. The number of nitriles is 1. The molecule has 1 N–H and O–H groups in total. The summed E-state index contributed by atoms with van der Waals surface area (Å²) in [5.74, 6) is 0. The predicted octanol–water partition coefficient (Wildman–Crippen LogP) is 3.04. The van der Waals surface area contributed by atoms with Crippen molar-refractivity contribution in [1.82, 2.24) is 9.78 Å². The van der Waals surface area contributed by atoms with Crippen molar-refractivity contribution in [3.05, 3.63) is 70.5 Å². The molecule has 0 atom stereocenters. The number of hydrogen-bond acceptors (Lipinski definition) is 4. The van der Waals surface area contributed by atoms with Crippen molar-refractivity contribution in [1.29, 1.82) is 5.26 Å². The molecule has 1 aromatic heterocycles. The second-order valence-electron chi connectivity index (χ2n) is 5.60. The summed E-state index contributed by atoms with van der Waals surface area (Å²) in [5, 5.41) is 15.7. The molecular formula is C20H16N4O2. The highest BCUT2D eigenvalue weighted by molar-refractivity contribution is 5.76. The lowest BCUT2D eigenvalue weighted by Crippen LogP contribution is -2.25. The Morgan fingerprint density at radius 1 is 1.12 bits per heavy atom. The first-order chi connectivity index (χ1) is 12.7. The molecule has 0 fully saturated rings. The van der Waals surface area contributed by atoms with E-state index in [1.54, 1.807) is 18.2 Å². The topological polar surface area (TPSA) is 87.8 Å². The van der Waals surface area contributed by atoms with Crippen molar-refractivity contribution in [2.45, 2.75) is 13.5 Å². The summed E-state index contributed by atoms with van der Waals surface area (Å²) in [6.45, 7) is 2.21. The highest BCUT2D eigenvalue weighted by Crippen LogP contribution is 2.26. The van der Waals surface area contributed by atoms with Crippen LogP contribution in [-0.2, 0) is 11.3 Å². The molecule has 0 saturated heterocycles. The number of rotatable bonds is 5. The lowest BCUT2D eigenvalue weighted by atomic mass is 10.0. The highest BCUT2D eigenvalue weighted by atomic mass is 16.1. The van der Waals surface area contributed by atoms with Gasteiger partial charge in [-0.3, -0.25) is 9.59 Å². The number of nitrogens with one attached hydrogen (secondary N) is 1. The SMILES string of the molecule is CCn1nc(-c2cccc(-c3ccc(C#N)cc3)c2)cc(NC=O)c1=O. The van der Waals surface area contributed by atoms with Gasteiger partial charge >= 0.3 is 0 Å².